The molecule has 160 valence electrons. The van der Waals surface area contributed by atoms with Crippen molar-refractivity contribution in [3.63, 3.8) is 0 Å². The number of rotatable bonds is 10. The van der Waals surface area contributed by atoms with Crippen molar-refractivity contribution in [2.75, 3.05) is 52.4 Å². The third kappa shape index (κ3) is 5.67. The topological polar surface area (TPSA) is 43.9 Å². The minimum absolute atomic E-state index is 0.360. The summed E-state index contributed by atoms with van der Waals surface area (Å²) < 4.78 is 27.7. The Morgan fingerprint density at radius 2 is 1.40 bits per heavy atom. The minimum Gasteiger partial charge on any atom is -0.299 e. The lowest BCUT2D eigenvalue weighted by Gasteiger charge is -2.35. The zero-order chi connectivity index (χ0) is 21.4. The molecule has 1 saturated heterocycles. The number of hydrogen-bond acceptors (Lipinski definition) is 4. The summed E-state index contributed by atoms with van der Waals surface area (Å²) in [5.41, 5.74) is 2.10. The SMILES string of the molecule is C=CCN(CC=C)CCN1CCN(S(=O)(=O)c2ccc(-c3ccccc3)cc2)CC1. The average molecular weight is 426 g/mol. The molecule has 0 amide bonds. The van der Waals surface area contributed by atoms with Crippen molar-refractivity contribution in [1.29, 1.82) is 0 Å². The van der Waals surface area contributed by atoms with Gasteiger partial charge in [-0.1, -0.05) is 54.6 Å². The van der Waals surface area contributed by atoms with Crippen LogP contribution in [0.2, 0.25) is 0 Å². The van der Waals surface area contributed by atoms with E-state index in [4.69, 9.17) is 0 Å². The van der Waals surface area contributed by atoms with Crippen LogP contribution < -0.4 is 0 Å². The number of hydrogen-bond donors (Lipinski definition) is 0. The van der Waals surface area contributed by atoms with Crippen molar-refractivity contribution in [3.05, 3.63) is 79.9 Å². The predicted octanol–water partition coefficient (Wildman–Crippen LogP) is 3.33. The molecule has 1 aliphatic heterocycles. The van der Waals surface area contributed by atoms with Crippen LogP contribution >= 0.6 is 0 Å². The first-order valence-corrected chi connectivity index (χ1v) is 11.8. The molecule has 0 atom stereocenters. The van der Waals surface area contributed by atoms with E-state index >= 15 is 0 Å². The van der Waals surface area contributed by atoms with Gasteiger partial charge in [0.1, 0.15) is 0 Å². The third-order valence-electron chi connectivity index (χ3n) is 5.44. The van der Waals surface area contributed by atoms with Gasteiger partial charge in [-0.15, -0.1) is 13.2 Å². The Morgan fingerprint density at radius 3 is 1.97 bits per heavy atom. The monoisotopic (exact) mass is 425 g/mol. The highest BCUT2D eigenvalue weighted by atomic mass is 32.2. The molecule has 0 spiro atoms. The maximum absolute atomic E-state index is 13.1. The number of piperazine rings is 1. The molecule has 1 aliphatic rings. The van der Waals surface area contributed by atoms with E-state index in [1.54, 1.807) is 16.4 Å². The Balaban J connectivity index is 1.56. The van der Waals surface area contributed by atoms with Gasteiger partial charge in [0.25, 0.3) is 0 Å². The van der Waals surface area contributed by atoms with Gasteiger partial charge in [0, 0.05) is 52.4 Å². The van der Waals surface area contributed by atoms with Crippen molar-refractivity contribution in [3.8, 4) is 11.1 Å². The highest BCUT2D eigenvalue weighted by molar-refractivity contribution is 7.89. The average Bonchev–Trinajstić information content (AvgIpc) is 2.79. The molecular weight excluding hydrogens is 394 g/mol. The molecule has 0 aromatic heterocycles. The molecule has 1 fully saturated rings. The van der Waals surface area contributed by atoms with Gasteiger partial charge in [-0.3, -0.25) is 9.80 Å². The summed E-state index contributed by atoms with van der Waals surface area (Å²) in [5, 5.41) is 0. The van der Waals surface area contributed by atoms with E-state index in [0.717, 1.165) is 50.4 Å². The fourth-order valence-corrected chi connectivity index (χ4v) is 5.12. The molecule has 0 aliphatic carbocycles. The van der Waals surface area contributed by atoms with Gasteiger partial charge in [-0.2, -0.15) is 4.31 Å². The molecule has 3 rings (SSSR count). The summed E-state index contributed by atoms with van der Waals surface area (Å²) in [4.78, 5) is 4.96. The van der Waals surface area contributed by atoms with Crippen LogP contribution in [0.25, 0.3) is 11.1 Å². The van der Waals surface area contributed by atoms with Crippen LogP contribution in [0.4, 0.5) is 0 Å². The van der Waals surface area contributed by atoms with E-state index in [0.29, 0.717) is 18.0 Å². The van der Waals surface area contributed by atoms with Gasteiger partial charge in [0.15, 0.2) is 0 Å². The maximum Gasteiger partial charge on any atom is 0.243 e. The molecule has 30 heavy (non-hydrogen) atoms. The van der Waals surface area contributed by atoms with Gasteiger partial charge in [0.2, 0.25) is 10.0 Å². The van der Waals surface area contributed by atoms with Crippen LogP contribution in [0.3, 0.4) is 0 Å². The van der Waals surface area contributed by atoms with Crippen LogP contribution in [0.1, 0.15) is 0 Å². The Hall–Kier alpha value is -2.25. The highest BCUT2D eigenvalue weighted by Gasteiger charge is 2.28. The second-order valence-corrected chi connectivity index (χ2v) is 9.41. The number of nitrogens with zero attached hydrogens (tertiary/aromatic N) is 3. The van der Waals surface area contributed by atoms with Gasteiger partial charge in [-0.25, -0.2) is 8.42 Å². The smallest absolute Gasteiger partial charge is 0.243 e. The molecule has 0 radical (unpaired) electrons. The third-order valence-corrected chi connectivity index (χ3v) is 7.35. The molecule has 5 nitrogen and oxygen atoms in total. The standard InChI is InChI=1S/C24H31N3O2S/c1-3-14-25(15-4-2)16-17-26-18-20-27(21-19-26)30(28,29)24-12-10-23(11-13-24)22-8-6-5-7-9-22/h3-13H,1-2,14-21H2. The molecule has 1 heterocycles. The minimum atomic E-state index is -3.46. The van der Waals surface area contributed by atoms with Crippen molar-refractivity contribution >= 4 is 10.0 Å². The first kappa shape index (κ1) is 22.4. The predicted molar refractivity (Wildman–Crippen MR) is 124 cm³/mol. The molecule has 0 saturated carbocycles. The van der Waals surface area contributed by atoms with E-state index < -0.39 is 10.0 Å². The van der Waals surface area contributed by atoms with Gasteiger partial charge >= 0.3 is 0 Å². The fraction of sp³-hybridized carbons (Fsp3) is 0.333. The Labute approximate surface area is 181 Å². The Kier molecular flexibility index (Phi) is 7.99. The lowest BCUT2D eigenvalue weighted by Crippen LogP contribution is -2.50. The zero-order valence-corrected chi connectivity index (χ0v) is 18.3. The summed E-state index contributed by atoms with van der Waals surface area (Å²) in [6.07, 6.45) is 3.80. The Morgan fingerprint density at radius 1 is 0.833 bits per heavy atom. The summed E-state index contributed by atoms with van der Waals surface area (Å²) in [5.74, 6) is 0. The van der Waals surface area contributed by atoms with Crippen molar-refractivity contribution in [2.24, 2.45) is 0 Å². The van der Waals surface area contributed by atoms with Crippen LogP contribution in [-0.4, -0.2) is 74.9 Å². The van der Waals surface area contributed by atoms with Crippen LogP contribution in [-0.2, 0) is 10.0 Å². The van der Waals surface area contributed by atoms with Crippen molar-refractivity contribution < 1.29 is 8.42 Å². The lowest BCUT2D eigenvalue weighted by atomic mass is 10.1. The highest BCUT2D eigenvalue weighted by Crippen LogP contribution is 2.23. The van der Waals surface area contributed by atoms with Crippen molar-refractivity contribution in [2.45, 2.75) is 4.90 Å². The lowest BCUT2D eigenvalue weighted by molar-refractivity contribution is 0.167. The van der Waals surface area contributed by atoms with Gasteiger partial charge < -0.3 is 0 Å². The van der Waals surface area contributed by atoms with Crippen LogP contribution in [0.5, 0.6) is 0 Å². The molecule has 0 unspecified atom stereocenters. The zero-order valence-electron chi connectivity index (χ0n) is 17.5. The number of benzene rings is 2. The van der Waals surface area contributed by atoms with Crippen LogP contribution in [0.15, 0.2) is 84.8 Å². The summed E-state index contributed by atoms with van der Waals surface area (Å²) >= 11 is 0. The summed E-state index contributed by atoms with van der Waals surface area (Å²) in [7, 11) is -3.46. The van der Waals surface area contributed by atoms with Crippen molar-refractivity contribution in [1.82, 2.24) is 14.1 Å². The fourth-order valence-electron chi connectivity index (χ4n) is 3.70. The largest absolute Gasteiger partial charge is 0.299 e. The normalized spacial score (nSPS) is 15.9. The van der Waals surface area contributed by atoms with Crippen LogP contribution in [0, 0.1) is 0 Å². The summed E-state index contributed by atoms with van der Waals surface area (Å²) in [6.45, 7) is 13.6. The molecule has 2 aromatic carbocycles. The van der Waals surface area contributed by atoms with E-state index in [2.05, 4.69) is 23.0 Å². The molecule has 0 bridgehead atoms. The van der Waals surface area contributed by atoms with Gasteiger partial charge in [0.05, 0.1) is 4.90 Å². The first-order chi connectivity index (χ1) is 14.5. The summed E-state index contributed by atoms with van der Waals surface area (Å²) in [6, 6.07) is 17.2. The molecule has 0 N–H and O–H groups in total. The second kappa shape index (κ2) is 10.7. The van der Waals surface area contributed by atoms with E-state index in [1.807, 2.05) is 54.6 Å². The Bertz CT molecular complexity index is 909. The molecule has 2 aromatic rings. The maximum atomic E-state index is 13.1. The van der Waals surface area contributed by atoms with E-state index in [1.165, 1.54) is 0 Å². The first-order valence-electron chi connectivity index (χ1n) is 10.4. The molecular formula is C24H31N3O2S. The number of sulfonamides is 1. The quantitative estimate of drug-likeness (QED) is 0.548. The molecule has 6 heteroatoms. The van der Waals surface area contributed by atoms with Gasteiger partial charge in [-0.05, 0) is 23.3 Å². The van der Waals surface area contributed by atoms with E-state index in [9.17, 15) is 8.42 Å². The second-order valence-electron chi connectivity index (χ2n) is 7.47. The van der Waals surface area contributed by atoms with E-state index in [-0.39, 0.29) is 0 Å².